The van der Waals surface area contributed by atoms with Crippen LogP contribution in [0.15, 0.2) is 48.5 Å². The Bertz CT molecular complexity index is 710. The maximum atomic E-state index is 12.9. The molecule has 1 heterocycles. The average molecular weight is 356 g/mol. The minimum Gasteiger partial charge on any atom is -0.387 e. The van der Waals surface area contributed by atoms with E-state index in [0.29, 0.717) is 11.1 Å². The molecule has 0 bridgehead atoms. The number of carbonyl (C=O) groups is 1. The zero-order chi connectivity index (χ0) is 18.4. The molecule has 1 saturated heterocycles. The molecule has 2 aromatic carbocycles. The van der Waals surface area contributed by atoms with Gasteiger partial charge in [0.1, 0.15) is 5.82 Å². The van der Waals surface area contributed by atoms with Crippen molar-refractivity contribution in [1.29, 1.82) is 0 Å². The van der Waals surface area contributed by atoms with Crippen molar-refractivity contribution in [1.82, 2.24) is 10.2 Å². The summed E-state index contributed by atoms with van der Waals surface area (Å²) in [6.45, 7) is 3.29. The molecule has 0 aliphatic carbocycles. The monoisotopic (exact) mass is 356 g/mol. The first-order chi connectivity index (χ1) is 12.6. The van der Waals surface area contributed by atoms with Crippen molar-refractivity contribution in [3.63, 3.8) is 0 Å². The summed E-state index contributed by atoms with van der Waals surface area (Å²) in [5, 5.41) is 12.8. The molecular weight excluding hydrogens is 331 g/mol. The van der Waals surface area contributed by atoms with Gasteiger partial charge < -0.3 is 10.4 Å². The molecule has 1 fully saturated rings. The van der Waals surface area contributed by atoms with Crippen LogP contribution in [0.25, 0.3) is 0 Å². The topological polar surface area (TPSA) is 52.6 Å². The second-order valence-electron chi connectivity index (χ2n) is 6.81. The van der Waals surface area contributed by atoms with Crippen LogP contribution in [0, 0.1) is 5.82 Å². The SMILES string of the molecule is O=C(NCC(O)c1ccc(F)cc1)c1ccc(CN2CCCCC2)cc1. The molecule has 26 heavy (non-hydrogen) atoms. The lowest BCUT2D eigenvalue weighted by atomic mass is 10.1. The van der Waals surface area contributed by atoms with Crippen LogP contribution in [0.5, 0.6) is 0 Å². The van der Waals surface area contributed by atoms with Crippen molar-refractivity contribution >= 4 is 5.91 Å². The number of hydrogen-bond donors (Lipinski definition) is 2. The first-order valence-electron chi connectivity index (χ1n) is 9.15. The molecule has 1 atom stereocenters. The number of likely N-dealkylation sites (tertiary alicyclic amines) is 1. The Morgan fingerprint density at radius 1 is 1.04 bits per heavy atom. The van der Waals surface area contributed by atoms with Crippen LogP contribution < -0.4 is 5.32 Å². The Balaban J connectivity index is 1.50. The van der Waals surface area contributed by atoms with Crippen molar-refractivity contribution in [2.24, 2.45) is 0 Å². The molecule has 1 aliphatic rings. The first kappa shape index (κ1) is 18.5. The van der Waals surface area contributed by atoms with Gasteiger partial charge in [0.25, 0.3) is 5.91 Å². The maximum Gasteiger partial charge on any atom is 0.251 e. The molecule has 4 nitrogen and oxygen atoms in total. The number of nitrogens with one attached hydrogen (secondary N) is 1. The Kier molecular flexibility index (Phi) is 6.36. The number of aliphatic hydroxyl groups is 1. The molecule has 0 spiro atoms. The van der Waals surface area contributed by atoms with Crippen molar-refractivity contribution in [3.8, 4) is 0 Å². The highest BCUT2D eigenvalue weighted by molar-refractivity contribution is 5.94. The van der Waals surface area contributed by atoms with Crippen molar-refractivity contribution < 1.29 is 14.3 Å². The third-order valence-corrected chi connectivity index (χ3v) is 4.78. The zero-order valence-corrected chi connectivity index (χ0v) is 14.8. The minimum absolute atomic E-state index is 0.0833. The molecule has 0 saturated carbocycles. The van der Waals surface area contributed by atoms with Crippen LogP contribution in [0.4, 0.5) is 4.39 Å². The number of aliphatic hydroxyl groups excluding tert-OH is 1. The summed E-state index contributed by atoms with van der Waals surface area (Å²) in [5.41, 5.74) is 2.34. The molecule has 2 N–H and O–H groups in total. The van der Waals surface area contributed by atoms with E-state index in [1.807, 2.05) is 24.3 Å². The summed E-state index contributed by atoms with van der Waals surface area (Å²) in [5.74, 6) is -0.578. The third kappa shape index (κ3) is 5.13. The van der Waals surface area contributed by atoms with Gasteiger partial charge in [0.05, 0.1) is 6.10 Å². The van der Waals surface area contributed by atoms with Gasteiger partial charge in [-0.1, -0.05) is 30.7 Å². The van der Waals surface area contributed by atoms with Gasteiger partial charge >= 0.3 is 0 Å². The van der Waals surface area contributed by atoms with Crippen LogP contribution in [0.2, 0.25) is 0 Å². The summed E-state index contributed by atoms with van der Waals surface area (Å²) in [4.78, 5) is 14.7. The Labute approximate surface area is 153 Å². The van der Waals surface area contributed by atoms with Gasteiger partial charge in [-0.3, -0.25) is 9.69 Å². The van der Waals surface area contributed by atoms with Crippen molar-refractivity contribution in [2.75, 3.05) is 19.6 Å². The Hall–Kier alpha value is -2.24. The summed E-state index contributed by atoms with van der Waals surface area (Å²) in [6.07, 6.45) is 2.98. The number of carbonyl (C=O) groups excluding carboxylic acids is 1. The van der Waals surface area contributed by atoms with E-state index in [2.05, 4.69) is 10.2 Å². The average Bonchev–Trinajstić information content (AvgIpc) is 2.68. The van der Waals surface area contributed by atoms with E-state index in [1.54, 1.807) is 0 Å². The summed E-state index contributed by atoms with van der Waals surface area (Å²) in [6, 6.07) is 13.2. The normalized spacial score (nSPS) is 16.2. The number of nitrogens with zero attached hydrogens (tertiary/aromatic N) is 1. The number of piperidine rings is 1. The summed E-state index contributed by atoms with van der Waals surface area (Å²) in [7, 11) is 0. The first-order valence-corrected chi connectivity index (χ1v) is 9.15. The van der Waals surface area contributed by atoms with E-state index in [0.717, 1.165) is 19.6 Å². The molecule has 0 radical (unpaired) electrons. The molecule has 3 rings (SSSR count). The highest BCUT2D eigenvalue weighted by atomic mass is 19.1. The lowest BCUT2D eigenvalue weighted by molar-refractivity contribution is 0.0916. The van der Waals surface area contributed by atoms with Gasteiger partial charge in [-0.25, -0.2) is 4.39 Å². The van der Waals surface area contributed by atoms with E-state index >= 15 is 0 Å². The van der Waals surface area contributed by atoms with Crippen LogP contribution in [-0.2, 0) is 6.54 Å². The van der Waals surface area contributed by atoms with Gasteiger partial charge in [0.15, 0.2) is 0 Å². The highest BCUT2D eigenvalue weighted by Gasteiger charge is 2.13. The quantitative estimate of drug-likeness (QED) is 0.835. The fourth-order valence-corrected chi connectivity index (χ4v) is 3.23. The second kappa shape index (κ2) is 8.92. The van der Waals surface area contributed by atoms with Gasteiger partial charge in [0.2, 0.25) is 0 Å². The second-order valence-corrected chi connectivity index (χ2v) is 6.81. The smallest absolute Gasteiger partial charge is 0.251 e. The van der Waals surface area contributed by atoms with E-state index in [1.165, 1.54) is 49.1 Å². The molecule has 5 heteroatoms. The molecule has 138 valence electrons. The fraction of sp³-hybridized carbons (Fsp3) is 0.381. The predicted octanol–water partition coefficient (Wildman–Crippen LogP) is 3.28. The number of amides is 1. The largest absolute Gasteiger partial charge is 0.387 e. The van der Waals surface area contributed by atoms with E-state index in [4.69, 9.17) is 0 Å². The van der Waals surface area contributed by atoms with Crippen LogP contribution >= 0.6 is 0 Å². The minimum atomic E-state index is -0.863. The van der Waals surface area contributed by atoms with Crippen molar-refractivity contribution in [2.45, 2.75) is 31.9 Å². The Morgan fingerprint density at radius 2 is 1.69 bits per heavy atom. The van der Waals surface area contributed by atoms with Crippen LogP contribution in [0.1, 0.15) is 46.9 Å². The van der Waals surface area contributed by atoms with Gasteiger partial charge in [-0.05, 0) is 61.3 Å². The van der Waals surface area contributed by atoms with Crippen LogP contribution in [0.3, 0.4) is 0 Å². The third-order valence-electron chi connectivity index (χ3n) is 4.78. The van der Waals surface area contributed by atoms with E-state index < -0.39 is 6.10 Å². The zero-order valence-electron chi connectivity index (χ0n) is 14.8. The molecule has 0 aromatic heterocycles. The lowest BCUT2D eigenvalue weighted by Gasteiger charge is -2.26. The molecule has 1 aliphatic heterocycles. The van der Waals surface area contributed by atoms with Crippen LogP contribution in [-0.4, -0.2) is 35.5 Å². The summed E-state index contributed by atoms with van der Waals surface area (Å²) >= 11 is 0. The van der Waals surface area contributed by atoms with Gasteiger partial charge in [-0.2, -0.15) is 0 Å². The number of hydrogen-bond acceptors (Lipinski definition) is 3. The molecule has 2 aromatic rings. The highest BCUT2D eigenvalue weighted by Crippen LogP contribution is 2.15. The van der Waals surface area contributed by atoms with Gasteiger partial charge in [0, 0.05) is 18.7 Å². The maximum absolute atomic E-state index is 12.9. The lowest BCUT2D eigenvalue weighted by Crippen LogP contribution is -2.29. The predicted molar refractivity (Wildman–Crippen MR) is 99.3 cm³/mol. The van der Waals surface area contributed by atoms with E-state index in [-0.39, 0.29) is 18.3 Å². The summed E-state index contributed by atoms with van der Waals surface area (Å²) < 4.78 is 12.9. The molecular formula is C21H25FN2O2. The Morgan fingerprint density at radius 3 is 2.35 bits per heavy atom. The van der Waals surface area contributed by atoms with Gasteiger partial charge in [-0.15, -0.1) is 0 Å². The molecule has 1 unspecified atom stereocenters. The standard InChI is InChI=1S/C21H25FN2O2/c22-19-10-8-17(9-11-19)20(25)14-23-21(26)18-6-4-16(5-7-18)15-24-12-2-1-3-13-24/h4-11,20,25H,1-3,12-15H2,(H,23,26). The number of benzene rings is 2. The van der Waals surface area contributed by atoms with E-state index in [9.17, 15) is 14.3 Å². The number of halogens is 1. The number of rotatable bonds is 6. The van der Waals surface area contributed by atoms with Crippen molar-refractivity contribution in [3.05, 3.63) is 71.0 Å². The molecule has 1 amide bonds. The fourth-order valence-electron chi connectivity index (χ4n) is 3.23.